The second kappa shape index (κ2) is 18.7. The fourth-order valence-corrected chi connectivity index (χ4v) is 1.78. The molecule has 1 atom stereocenters. The quantitative estimate of drug-likeness (QED) is 0.114. The average molecular weight is 586 g/mol. The Balaban J connectivity index is 4.11. The fraction of sp³-hybridized carbons (Fsp3) is 0.760. The SMILES string of the molecule is [2H]C([2H])(OP(C)(=O)[O-])C([2H])([2H])C([2H])([2H])C([2H])([2H])C([2H])([2H])C([2H])([2H])C([2H])([2H])C([2H])([2H])C([2H])([2H])C([2H])([2H])C([2H])([2H])C([2H])([2H])C([2H])([2H])C([2H])([2H])C([2H])([2H])C([2H])([2H])C([2H])([2H])C([2H])([2H])c1ccc(I)cc1. The number of benzene rings is 1. The Bertz CT molecular complexity index is 1980. The summed E-state index contributed by atoms with van der Waals surface area (Å²) in [6, 6.07) is 4.27. The van der Waals surface area contributed by atoms with E-state index < -0.39 is 128 Å². The molecular formula is C25H43IO3P-. The highest BCUT2D eigenvalue weighted by molar-refractivity contribution is 14.1. The van der Waals surface area contributed by atoms with Gasteiger partial charge in [0.1, 0.15) is 7.60 Å². The van der Waals surface area contributed by atoms with Gasteiger partial charge in [0.05, 0.1) is 9.30 Å². The maximum Gasteiger partial charge on any atom is 0.131 e. The van der Waals surface area contributed by atoms with Crippen LogP contribution in [-0.2, 0) is 15.5 Å². The van der Waals surface area contributed by atoms with Gasteiger partial charge in [-0.3, -0.25) is 0 Å². The molecule has 0 heterocycles. The van der Waals surface area contributed by atoms with E-state index in [0.29, 0.717) is 3.57 Å². The molecule has 0 radical (unpaired) electrons. The zero-order valence-electron chi connectivity index (χ0n) is 51.4. The first-order chi connectivity index (χ1) is 28.0. The van der Waals surface area contributed by atoms with Crippen molar-refractivity contribution in [1.82, 2.24) is 0 Å². The van der Waals surface area contributed by atoms with Crippen LogP contribution < -0.4 is 4.89 Å². The Morgan fingerprint density at radius 2 is 1.13 bits per heavy atom. The van der Waals surface area contributed by atoms with Gasteiger partial charge in [-0.2, -0.15) is 0 Å². The summed E-state index contributed by atoms with van der Waals surface area (Å²) in [5, 5.41) is 0. The molecule has 30 heavy (non-hydrogen) atoms. The zero-order chi connectivity index (χ0) is 54.2. The Morgan fingerprint density at radius 3 is 1.53 bits per heavy atom. The molecule has 0 bridgehead atoms. The molecule has 1 rings (SSSR count). The lowest BCUT2D eigenvalue weighted by molar-refractivity contribution is -0.196. The molecule has 0 saturated heterocycles. The molecule has 0 aromatic heterocycles. The Morgan fingerprint density at radius 1 is 0.767 bits per heavy atom. The average Bonchev–Trinajstić information content (AvgIpc) is 3.09. The van der Waals surface area contributed by atoms with Gasteiger partial charge in [0.25, 0.3) is 0 Å². The standard InChI is InChI=1S/C25H44IO3P/c1-30(27,28)29-23-17-15-13-11-9-7-5-3-2-4-6-8-10-12-14-16-18-24-19-21-25(26)22-20-24/h19-22H,2-18,23H2,1H3,(H,27,28)/p-1/i2D2,3D2,4D2,5D2,6D2,7D2,8D2,9D2,10D2,11D2,12D2,13D2,14D2,15D2,16D2,17D2,18D2,23D2. The Hall–Kier alpha value is 0.100. The van der Waals surface area contributed by atoms with E-state index in [1.807, 2.05) is 0 Å². The molecule has 0 fully saturated rings. The second-order valence-corrected chi connectivity index (χ2v) is 7.57. The van der Waals surface area contributed by atoms with Crippen LogP contribution in [0.3, 0.4) is 0 Å². The largest absolute Gasteiger partial charge is 0.779 e. The van der Waals surface area contributed by atoms with E-state index in [1.165, 1.54) is 12.1 Å². The van der Waals surface area contributed by atoms with Crippen LogP contribution in [0.1, 0.15) is 157 Å². The molecule has 0 amide bonds. The van der Waals surface area contributed by atoms with Gasteiger partial charge in [0, 0.05) is 56.8 Å². The summed E-state index contributed by atoms with van der Waals surface area (Å²) in [5.41, 5.74) is -0.678. The number of aryl methyl sites for hydroxylation is 1. The molecule has 0 aliphatic heterocycles. The topological polar surface area (TPSA) is 49.4 Å². The summed E-state index contributed by atoms with van der Waals surface area (Å²) < 4.78 is 314. The molecule has 0 spiro atoms. The van der Waals surface area contributed by atoms with Gasteiger partial charge < -0.3 is 14.0 Å². The summed E-state index contributed by atoms with van der Waals surface area (Å²) in [6.07, 6.45) is -84.5. The molecule has 0 saturated carbocycles. The first kappa shape index (κ1) is 5.83. The van der Waals surface area contributed by atoms with Crippen LogP contribution in [-0.4, -0.2) is 13.2 Å². The van der Waals surface area contributed by atoms with Gasteiger partial charge in [0.15, 0.2) is 0 Å². The van der Waals surface area contributed by atoms with Crippen molar-refractivity contribution in [2.45, 2.75) is 108 Å². The van der Waals surface area contributed by atoms with Crippen molar-refractivity contribution in [3.8, 4) is 0 Å². The first-order valence-electron chi connectivity index (χ1n) is 25.7. The number of halogens is 1. The van der Waals surface area contributed by atoms with Crippen molar-refractivity contribution in [3.63, 3.8) is 0 Å². The maximum absolute atomic E-state index is 11.6. The minimum absolute atomic E-state index is 0.139. The third-order valence-corrected chi connectivity index (χ3v) is 3.39. The highest BCUT2D eigenvalue weighted by Gasteiger charge is 1.99. The summed E-state index contributed by atoms with van der Waals surface area (Å²) in [7, 11) is -5.42. The molecular weight excluding hydrogens is 506 g/mol. The first-order valence-corrected chi connectivity index (χ1v) is 10.8. The second-order valence-electron chi connectivity index (χ2n) is 4.60. The van der Waals surface area contributed by atoms with Crippen LogP contribution in [0.15, 0.2) is 24.3 Å². The fourth-order valence-electron chi connectivity index (χ4n) is 1.21. The molecule has 5 heteroatoms. The van der Waals surface area contributed by atoms with E-state index in [2.05, 4.69) is 4.52 Å². The monoisotopic (exact) mass is 585 g/mol. The van der Waals surface area contributed by atoms with E-state index >= 15 is 0 Å². The number of hydrogen-bond donors (Lipinski definition) is 0. The van der Waals surface area contributed by atoms with Crippen molar-refractivity contribution in [2.24, 2.45) is 0 Å². The smallest absolute Gasteiger partial charge is 0.131 e. The minimum atomic E-state index is -5.42. The van der Waals surface area contributed by atoms with Crippen LogP contribution in [0, 0.1) is 3.57 Å². The van der Waals surface area contributed by atoms with E-state index in [0.717, 1.165) is 12.1 Å². The minimum Gasteiger partial charge on any atom is -0.779 e. The summed E-state index contributed by atoms with van der Waals surface area (Å²) in [6.45, 7) is -4.35. The lowest BCUT2D eigenvalue weighted by atomic mass is 10.0. The van der Waals surface area contributed by atoms with E-state index in [-0.39, 0.29) is 6.66 Å². The van der Waals surface area contributed by atoms with Crippen LogP contribution in [0.4, 0.5) is 0 Å². The van der Waals surface area contributed by atoms with Crippen molar-refractivity contribution >= 4 is 30.2 Å². The lowest BCUT2D eigenvalue weighted by Crippen LogP contribution is -2.03. The highest BCUT2D eigenvalue weighted by Crippen LogP contribution is 2.31. The third kappa shape index (κ3) is 18.8. The van der Waals surface area contributed by atoms with Gasteiger partial charge in [-0.05, 0) is 59.4 Å². The van der Waals surface area contributed by atoms with Gasteiger partial charge in [-0.15, -0.1) is 0 Å². The summed E-state index contributed by atoms with van der Waals surface area (Å²) in [5.74, 6) is 0. The zero-order valence-corrected chi connectivity index (χ0v) is 18.4. The van der Waals surface area contributed by atoms with Gasteiger partial charge in [-0.1, -0.05) is 101 Å². The van der Waals surface area contributed by atoms with Gasteiger partial charge in [0.2, 0.25) is 0 Å². The highest BCUT2D eigenvalue weighted by atomic mass is 127. The third-order valence-electron chi connectivity index (χ3n) is 2.25. The molecule has 1 unspecified atom stereocenters. The van der Waals surface area contributed by atoms with Crippen LogP contribution in [0.2, 0.25) is 0 Å². The van der Waals surface area contributed by atoms with Crippen molar-refractivity contribution < 1.29 is 63.3 Å². The molecule has 1 aromatic carbocycles. The van der Waals surface area contributed by atoms with E-state index in [1.54, 1.807) is 22.6 Å². The predicted molar refractivity (Wildman–Crippen MR) is 136 cm³/mol. The van der Waals surface area contributed by atoms with Gasteiger partial charge in [-0.25, -0.2) is 0 Å². The summed E-state index contributed by atoms with van der Waals surface area (Å²) >= 11 is 1.75. The molecule has 174 valence electrons. The predicted octanol–water partition coefficient (Wildman–Crippen LogP) is 8.28. The van der Waals surface area contributed by atoms with Crippen molar-refractivity contribution in [3.05, 3.63) is 33.4 Å². The number of rotatable bonds is 20. The van der Waals surface area contributed by atoms with Gasteiger partial charge >= 0.3 is 0 Å². The normalized spacial score (nSPS) is 39.8. The van der Waals surface area contributed by atoms with Crippen molar-refractivity contribution in [1.29, 1.82) is 0 Å². The van der Waals surface area contributed by atoms with E-state index in [4.69, 9.17) is 49.3 Å². The maximum atomic E-state index is 11.6. The van der Waals surface area contributed by atoms with Crippen LogP contribution >= 0.6 is 30.2 Å². The summed E-state index contributed by atoms with van der Waals surface area (Å²) in [4.78, 5) is 11.6. The molecule has 0 aliphatic carbocycles. The van der Waals surface area contributed by atoms with Crippen LogP contribution in [0.25, 0.3) is 0 Å². The lowest BCUT2D eigenvalue weighted by Gasteiger charge is -2.17. The van der Waals surface area contributed by atoms with E-state index in [9.17, 15) is 9.46 Å². The molecule has 0 aliphatic rings. The molecule has 0 N–H and O–H groups in total. The molecule has 1 aromatic rings. The number of hydrogen-bond acceptors (Lipinski definition) is 3. The Kier molecular flexibility index (Phi) is 3.63. The van der Waals surface area contributed by atoms with Crippen molar-refractivity contribution in [2.75, 3.05) is 13.2 Å². The molecule has 3 nitrogen and oxygen atoms in total. The van der Waals surface area contributed by atoms with Crippen LogP contribution in [0.5, 0.6) is 0 Å². The Labute approximate surface area is 250 Å².